The number of nitriles is 1. The third-order valence-corrected chi connectivity index (χ3v) is 2.80. The molecule has 0 spiro atoms. The van der Waals surface area contributed by atoms with Gasteiger partial charge in [0.05, 0.1) is 6.07 Å². The summed E-state index contributed by atoms with van der Waals surface area (Å²) in [5, 5.41) is 11.5. The van der Waals surface area contributed by atoms with E-state index in [9.17, 15) is 4.79 Å². The molecule has 0 heterocycles. The van der Waals surface area contributed by atoms with Crippen molar-refractivity contribution in [1.82, 2.24) is 5.32 Å². The Labute approximate surface area is 71.8 Å². The predicted octanol–water partition coefficient (Wildman–Crippen LogP) is 0.959. The van der Waals surface area contributed by atoms with E-state index in [1.807, 2.05) is 0 Å². The fourth-order valence-corrected chi connectivity index (χ4v) is 1.40. The van der Waals surface area contributed by atoms with Crippen molar-refractivity contribution in [2.45, 2.75) is 37.6 Å². The predicted molar refractivity (Wildman–Crippen MR) is 43.1 cm³/mol. The Morgan fingerprint density at radius 2 is 2.17 bits per heavy atom. The number of rotatable bonds is 2. The van der Waals surface area contributed by atoms with Gasteiger partial charge in [0.15, 0.2) is 0 Å². The van der Waals surface area contributed by atoms with Gasteiger partial charge in [-0.2, -0.15) is 5.26 Å². The van der Waals surface area contributed by atoms with Crippen molar-refractivity contribution >= 4 is 5.91 Å². The molecule has 3 heteroatoms. The number of carbonyl (C=O) groups is 1. The lowest BCUT2D eigenvalue weighted by molar-refractivity contribution is -0.127. The first-order valence-corrected chi connectivity index (χ1v) is 4.49. The molecule has 1 amide bonds. The van der Waals surface area contributed by atoms with Crippen LogP contribution in [0.4, 0.5) is 0 Å². The number of hydrogen-bond acceptors (Lipinski definition) is 2. The van der Waals surface area contributed by atoms with E-state index in [-0.39, 0.29) is 11.8 Å². The lowest BCUT2D eigenvalue weighted by atomic mass is 9.84. The maximum atomic E-state index is 11.4. The molecule has 2 rings (SSSR count). The molecule has 0 aromatic rings. The first-order valence-electron chi connectivity index (χ1n) is 4.49. The lowest BCUT2D eigenvalue weighted by Gasteiger charge is -2.25. The van der Waals surface area contributed by atoms with Gasteiger partial charge in [-0.25, -0.2) is 0 Å². The van der Waals surface area contributed by atoms with Crippen LogP contribution in [0.25, 0.3) is 0 Å². The van der Waals surface area contributed by atoms with Gasteiger partial charge < -0.3 is 5.32 Å². The Morgan fingerprint density at radius 1 is 1.50 bits per heavy atom. The maximum absolute atomic E-state index is 11.4. The van der Waals surface area contributed by atoms with E-state index in [1.54, 1.807) is 0 Å². The smallest absolute Gasteiger partial charge is 0.224 e. The molecule has 2 aliphatic carbocycles. The number of amides is 1. The molecule has 2 saturated carbocycles. The van der Waals surface area contributed by atoms with Gasteiger partial charge >= 0.3 is 0 Å². The molecule has 2 fully saturated rings. The van der Waals surface area contributed by atoms with Crippen LogP contribution in [0.1, 0.15) is 32.1 Å². The third kappa shape index (κ3) is 1.18. The van der Waals surface area contributed by atoms with Crippen LogP contribution in [0.3, 0.4) is 0 Å². The minimum atomic E-state index is -0.466. The van der Waals surface area contributed by atoms with Crippen LogP contribution in [0.15, 0.2) is 0 Å². The van der Waals surface area contributed by atoms with E-state index in [4.69, 9.17) is 5.26 Å². The van der Waals surface area contributed by atoms with E-state index in [1.165, 1.54) is 0 Å². The van der Waals surface area contributed by atoms with Crippen molar-refractivity contribution in [3.63, 3.8) is 0 Å². The molecule has 0 aromatic carbocycles. The Balaban J connectivity index is 1.87. The Morgan fingerprint density at radius 3 is 2.50 bits per heavy atom. The van der Waals surface area contributed by atoms with Gasteiger partial charge in [0.1, 0.15) is 5.54 Å². The summed E-state index contributed by atoms with van der Waals surface area (Å²) in [4.78, 5) is 11.4. The van der Waals surface area contributed by atoms with Crippen molar-refractivity contribution in [3.8, 4) is 6.07 Å². The SMILES string of the molecule is N#CC1(NC(=O)C2CCC2)CC1. The molecule has 0 bridgehead atoms. The molecule has 0 radical (unpaired) electrons. The first-order chi connectivity index (χ1) is 5.76. The van der Waals surface area contributed by atoms with Crippen molar-refractivity contribution in [1.29, 1.82) is 5.26 Å². The largest absolute Gasteiger partial charge is 0.338 e. The highest BCUT2D eigenvalue weighted by atomic mass is 16.2. The summed E-state index contributed by atoms with van der Waals surface area (Å²) in [7, 11) is 0. The molecule has 0 atom stereocenters. The highest BCUT2D eigenvalue weighted by molar-refractivity contribution is 5.81. The van der Waals surface area contributed by atoms with Gasteiger partial charge in [0.25, 0.3) is 0 Å². The molecule has 3 nitrogen and oxygen atoms in total. The summed E-state index contributed by atoms with van der Waals surface area (Å²) >= 11 is 0. The van der Waals surface area contributed by atoms with Gasteiger partial charge in [-0.1, -0.05) is 6.42 Å². The Bertz CT molecular complexity index is 246. The zero-order chi connectivity index (χ0) is 8.60. The van der Waals surface area contributed by atoms with Crippen molar-refractivity contribution in [2.75, 3.05) is 0 Å². The van der Waals surface area contributed by atoms with Crippen molar-refractivity contribution < 1.29 is 4.79 Å². The molecule has 2 aliphatic rings. The van der Waals surface area contributed by atoms with Gasteiger partial charge in [0, 0.05) is 5.92 Å². The molecule has 1 N–H and O–H groups in total. The maximum Gasteiger partial charge on any atom is 0.224 e. The monoisotopic (exact) mass is 164 g/mol. The molecule has 0 aromatic heterocycles. The van der Waals surface area contributed by atoms with Gasteiger partial charge in [-0.15, -0.1) is 0 Å². The lowest BCUT2D eigenvalue weighted by Crippen LogP contribution is -2.41. The van der Waals surface area contributed by atoms with E-state index in [0.29, 0.717) is 0 Å². The molecule has 12 heavy (non-hydrogen) atoms. The zero-order valence-corrected chi connectivity index (χ0v) is 6.97. The number of nitrogens with one attached hydrogen (secondary N) is 1. The first kappa shape index (κ1) is 7.60. The number of hydrogen-bond donors (Lipinski definition) is 1. The van der Waals surface area contributed by atoms with Gasteiger partial charge in [-0.3, -0.25) is 4.79 Å². The number of carbonyl (C=O) groups excluding carboxylic acids is 1. The standard InChI is InChI=1S/C9H12N2O/c10-6-9(4-5-9)11-8(12)7-2-1-3-7/h7H,1-5H2,(H,11,12). The molecule has 0 aliphatic heterocycles. The van der Waals surface area contributed by atoms with Crippen LogP contribution in [-0.4, -0.2) is 11.4 Å². The third-order valence-electron chi connectivity index (χ3n) is 2.80. The second-order valence-electron chi connectivity index (χ2n) is 3.81. The van der Waals surface area contributed by atoms with Gasteiger partial charge in [-0.05, 0) is 25.7 Å². The molecule has 0 unspecified atom stereocenters. The van der Waals surface area contributed by atoms with E-state index >= 15 is 0 Å². The zero-order valence-electron chi connectivity index (χ0n) is 6.97. The van der Waals surface area contributed by atoms with Crippen LogP contribution >= 0.6 is 0 Å². The van der Waals surface area contributed by atoms with Gasteiger partial charge in [0.2, 0.25) is 5.91 Å². The normalized spacial score (nSPS) is 25.2. The Kier molecular flexibility index (Phi) is 1.57. The minimum absolute atomic E-state index is 0.0975. The van der Waals surface area contributed by atoms with Crippen LogP contribution in [0.2, 0.25) is 0 Å². The Hall–Kier alpha value is -1.04. The average Bonchev–Trinajstić information content (AvgIpc) is 2.65. The quantitative estimate of drug-likeness (QED) is 0.660. The summed E-state index contributed by atoms with van der Waals surface area (Å²) in [6.07, 6.45) is 4.85. The second-order valence-corrected chi connectivity index (χ2v) is 3.81. The van der Waals surface area contributed by atoms with E-state index < -0.39 is 5.54 Å². The summed E-state index contributed by atoms with van der Waals surface area (Å²) < 4.78 is 0. The fraction of sp³-hybridized carbons (Fsp3) is 0.778. The van der Waals surface area contributed by atoms with E-state index in [0.717, 1.165) is 32.1 Å². The number of nitrogens with zero attached hydrogens (tertiary/aromatic N) is 1. The second kappa shape index (κ2) is 2.48. The molecule has 64 valence electrons. The molecule has 0 saturated heterocycles. The highest BCUT2D eigenvalue weighted by Gasteiger charge is 2.45. The molecular weight excluding hydrogens is 152 g/mol. The van der Waals surface area contributed by atoms with Crippen LogP contribution in [-0.2, 0) is 4.79 Å². The van der Waals surface area contributed by atoms with Crippen LogP contribution in [0.5, 0.6) is 0 Å². The highest BCUT2D eigenvalue weighted by Crippen LogP contribution is 2.36. The summed E-state index contributed by atoms with van der Waals surface area (Å²) in [6, 6.07) is 2.15. The average molecular weight is 164 g/mol. The topological polar surface area (TPSA) is 52.9 Å². The van der Waals surface area contributed by atoms with E-state index in [2.05, 4.69) is 11.4 Å². The summed E-state index contributed by atoms with van der Waals surface area (Å²) in [5.41, 5.74) is -0.466. The van der Waals surface area contributed by atoms with Crippen molar-refractivity contribution in [2.24, 2.45) is 5.92 Å². The van der Waals surface area contributed by atoms with Crippen LogP contribution in [0, 0.1) is 17.2 Å². The fourth-order valence-electron chi connectivity index (χ4n) is 1.40. The summed E-state index contributed by atoms with van der Waals surface area (Å²) in [6.45, 7) is 0. The van der Waals surface area contributed by atoms with Crippen LogP contribution < -0.4 is 5.32 Å². The summed E-state index contributed by atoms with van der Waals surface area (Å²) in [5.74, 6) is 0.302. The minimum Gasteiger partial charge on any atom is -0.338 e. The van der Waals surface area contributed by atoms with Crippen molar-refractivity contribution in [3.05, 3.63) is 0 Å². The molecular formula is C9H12N2O.